The fourth-order valence-corrected chi connectivity index (χ4v) is 3.52. The average molecular weight is 478 g/mol. The number of urea groups is 1. The van der Waals surface area contributed by atoms with Crippen LogP contribution in [0.5, 0.6) is 0 Å². The maximum absolute atomic E-state index is 13.3. The van der Waals surface area contributed by atoms with Gasteiger partial charge in [-0.2, -0.15) is 0 Å². The number of carbonyl (C=O) groups excluding carboxylic acids is 3. The van der Waals surface area contributed by atoms with Crippen LogP contribution in [0.25, 0.3) is 0 Å². The molecule has 3 amide bonds. The number of ether oxygens (including phenoxy) is 1. The third kappa shape index (κ3) is 7.74. The molecule has 0 radical (unpaired) electrons. The first-order chi connectivity index (χ1) is 17.0. The summed E-state index contributed by atoms with van der Waals surface area (Å²) in [4.78, 5) is 41.3. The van der Waals surface area contributed by atoms with Crippen LogP contribution in [0.15, 0.2) is 77.4 Å². The molecule has 0 aliphatic rings. The quantitative estimate of drug-likeness (QED) is 0.396. The van der Waals surface area contributed by atoms with E-state index in [4.69, 9.17) is 9.15 Å². The highest BCUT2D eigenvalue weighted by Gasteiger charge is 2.22. The Morgan fingerprint density at radius 3 is 2.26 bits per heavy atom. The zero-order chi connectivity index (χ0) is 25.0. The van der Waals surface area contributed by atoms with Gasteiger partial charge in [0.1, 0.15) is 12.3 Å². The first-order valence-electron chi connectivity index (χ1n) is 11.7. The van der Waals surface area contributed by atoms with Gasteiger partial charge in [0, 0.05) is 18.8 Å². The molecule has 0 aliphatic heterocycles. The van der Waals surface area contributed by atoms with E-state index in [0.717, 1.165) is 5.56 Å². The minimum absolute atomic E-state index is 0.0753. The highest BCUT2D eigenvalue weighted by Crippen LogP contribution is 2.14. The third-order valence-corrected chi connectivity index (χ3v) is 5.25. The second-order valence-electron chi connectivity index (χ2n) is 7.96. The molecule has 184 valence electrons. The molecule has 0 aliphatic carbocycles. The van der Waals surface area contributed by atoms with Gasteiger partial charge in [-0.15, -0.1) is 0 Å². The topological polar surface area (TPSA) is 92.1 Å². The summed E-state index contributed by atoms with van der Waals surface area (Å²) in [5.41, 5.74) is 1.91. The van der Waals surface area contributed by atoms with Crippen LogP contribution in [0.3, 0.4) is 0 Å². The van der Waals surface area contributed by atoms with Crippen LogP contribution < -0.4 is 5.32 Å². The van der Waals surface area contributed by atoms with E-state index >= 15 is 0 Å². The molecule has 35 heavy (non-hydrogen) atoms. The molecule has 0 fully saturated rings. The van der Waals surface area contributed by atoms with Crippen LogP contribution in [0.4, 0.5) is 10.5 Å². The molecule has 0 atom stereocenters. The van der Waals surface area contributed by atoms with Gasteiger partial charge in [-0.3, -0.25) is 4.79 Å². The minimum atomic E-state index is -0.418. The second-order valence-corrected chi connectivity index (χ2v) is 7.96. The summed E-state index contributed by atoms with van der Waals surface area (Å²) in [6.07, 6.45) is 2.27. The van der Waals surface area contributed by atoms with Gasteiger partial charge in [0.25, 0.3) is 0 Å². The number of benzene rings is 2. The number of hydrogen-bond donors (Lipinski definition) is 1. The Balaban J connectivity index is 1.68. The van der Waals surface area contributed by atoms with Gasteiger partial charge in [-0.05, 0) is 55.3 Å². The summed E-state index contributed by atoms with van der Waals surface area (Å²) >= 11 is 0. The van der Waals surface area contributed by atoms with Gasteiger partial charge < -0.3 is 24.3 Å². The SMILES string of the molecule is CCCN(CC(=O)N(Cc1ccccc1)Cc1ccco1)C(=O)Nc1ccc(C(=O)OCC)cc1. The molecule has 2 aromatic carbocycles. The van der Waals surface area contributed by atoms with E-state index in [1.54, 1.807) is 48.4 Å². The second kappa shape index (κ2) is 13.0. The van der Waals surface area contributed by atoms with Crippen LogP contribution >= 0.6 is 0 Å². The Morgan fingerprint density at radius 1 is 0.886 bits per heavy atom. The largest absolute Gasteiger partial charge is 0.467 e. The molecule has 1 aromatic heterocycles. The molecule has 1 heterocycles. The van der Waals surface area contributed by atoms with Gasteiger partial charge in [-0.1, -0.05) is 37.3 Å². The van der Waals surface area contributed by atoms with E-state index in [1.807, 2.05) is 43.3 Å². The number of nitrogens with zero attached hydrogens (tertiary/aromatic N) is 2. The lowest BCUT2D eigenvalue weighted by molar-refractivity contribution is -0.133. The molecule has 3 aromatic rings. The number of furan rings is 1. The van der Waals surface area contributed by atoms with Gasteiger partial charge in [0.2, 0.25) is 5.91 Å². The highest BCUT2D eigenvalue weighted by atomic mass is 16.5. The van der Waals surface area contributed by atoms with Crippen LogP contribution in [0.1, 0.15) is 41.9 Å². The predicted molar refractivity (Wildman–Crippen MR) is 133 cm³/mol. The van der Waals surface area contributed by atoms with Crippen LogP contribution in [-0.2, 0) is 22.6 Å². The zero-order valence-electron chi connectivity index (χ0n) is 20.1. The van der Waals surface area contributed by atoms with Crippen molar-refractivity contribution in [2.45, 2.75) is 33.4 Å². The smallest absolute Gasteiger partial charge is 0.338 e. The van der Waals surface area contributed by atoms with Crippen LogP contribution in [-0.4, -0.2) is 47.4 Å². The molecule has 0 bridgehead atoms. The molecular weight excluding hydrogens is 446 g/mol. The monoisotopic (exact) mass is 477 g/mol. The lowest BCUT2D eigenvalue weighted by Crippen LogP contribution is -2.44. The summed E-state index contributed by atoms with van der Waals surface area (Å²) < 4.78 is 10.4. The van der Waals surface area contributed by atoms with E-state index < -0.39 is 5.97 Å². The van der Waals surface area contributed by atoms with Crippen molar-refractivity contribution in [3.05, 3.63) is 89.9 Å². The van der Waals surface area contributed by atoms with E-state index in [-0.39, 0.29) is 18.5 Å². The van der Waals surface area contributed by atoms with Crippen molar-refractivity contribution in [1.29, 1.82) is 0 Å². The molecule has 0 unspecified atom stereocenters. The molecule has 3 rings (SSSR count). The van der Waals surface area contributed by atoms with Crippen molar-refractivity contribution in [2.75, 3.05) is 25.0 Å². The van der Waals surface area contributed by atoms with Crippen molar-refractivity contribution in [3.8, 4) is 0 Å². The number of nitrogens with one attached hydrogen (secondary N) is 1. The van der Waals surface area contributed by atoms with Crippen LogP contribution in [0, 0.1) is 0 Å². The van der Waals surface area contributed by atoms with Gasteiger partial charge in [0.05, 0.1) is 25.0 Å². The Labute approximate surface area is 205 Å². The fourth-order valence-electron chi connectivity index (χ4n) is 3.52. The lowest BCUT2D eigenvalue weighted by atomic mass is 10.2. The highest BCUT2D eigenvalue weighted by molar-refractivity contribution is 5.94. The normalized spacial score (nSPS) is 10.5. The Morgan fingerprint density at radius 2 is 1.63 bits per heavy atom. The number of carbonyl (C=O) groups is 3. The number of rotatable bonds is 11. The minimum Gasteiger partial charge on any atom is -0.467 e. The molecule has 0 saturated heterocycles. The van der Waals surface area contributed by atoms with Crippen LogP contribution in [0.2, 0.25) is 0 Å². The van der Waals surface area contributed by atoms with E-state index in [1.165, 1.54) is 4.90 Å². The summed E-state index contributed by atoms with van der Waals surface area (Å²) in [5, 5.41) is 2.81. The van der Waals surface area contributed by atoms with Gasteiger partial charge in [-0.25, -0.2) is 9.59 Å². The number of anilines is 1. The molecule has 8 heteroatoms. The third-order valence-electron chi connectivity index (χ3n) is 5.25. The van der Waals surface area contributed by atoms with E-state index in [2.05, 4.69) is 5.32 Å². The first-order valence-corrected chi connectivity index (χ1v) is 11.7. The van der Waals surface area contributed by atoms with E-state index in [9.17, 15) is 14.4 Å². The van der Waals surface area contributed by atoms with Crippen molar-refractivity contribution in [3.63, 3.8) is 0 Å². The van der Waals surface area contributed by atoms with Crippen molar-refractivity contribution < 1.29 is 23.5 Å². The summed E-state index contributed by atoms with van der Waals surface area (Å²) in [5.74, 6) is 0.0626. The Bertz CT molecular complexity index is 1080. The standard InChI is InChI=1S/C27H31N3O5/c1-3-16-29(27(33)28-23-14-12-22(13-15-23)26(32)34-4-2)20-25(31)30(19-24-11-8-17-35-24)18-21-9-6-5-7-10-21/h5-15,17H,3-4,16,18-20H2,1-2H3,(H,28,33). The number of hydrogen-bond acceptors (Lipinski definition) is 5. The van der Waals surface area contributed by atoms with Crippen molar-refractivity contribution in [1.82, 2.24) is 9.80 Å². The molecule has 0 spiro atoms. The lowest BCUT2D eigenvalue weighted by Gasteiger charge is -2.27. The van der Waals surface area contributed by atoms with Gasteiger partial charge in [0.15, 0.2) is 0 Å². The maximum Gasteiger partial charge on any atom is 0.338 e. The Kier molecular flexibility index (Phi) is 9.48. The van der Waals surface area contributed by atoms with Crippen molar-refractivity contribution >= 4 is 23.6 Å². The van der Waals surface area contributed by atoms with Gasteiger partial charge >= 0.3 is 12.0 Å². The molecule has 1 N–H and O–H groups in total. The average Bonchev–Trinajstić information content (AvgIpc) is 3.38. The molecular formula is C27H31N3O5. The summed E-state index contributed by atoms with van der Waals surface area (Å²) in [7, 11) is 0. The molecule has 8 nitrogen and oxygen atoms in total. The number of esters is 1. The zero-order valence-corrected chi connectivity index (χ0v) is 20.1. The predicted octanol–water partition coefficient (Wildman–Crippen LogP) is 4.93. The number of amides is 3. The van der Waals surface area contributed by atoms with Crippen molar-refractivity contribution in [2.24, 2.45) is 0 Å². The Hall–Kier alpha value is -4.07. The summed E-state index contributed by atoms with van der Waals surface area (Å²) in [6.45, 7) is 5.02. The van der Waals surface area contributed by atoms with E-state index in [0.29, 0.717) is 49.7 Å². The first kappa shape index (κ1) is 25.6. The summed E-state index contributed by atoms with van der Waals surface area (Å²) in [6, 6.07) is 19.4. The molecule has 0 saturated carbocycles. The fraction of sp³-hybridized carbons (Fsp3) is 0.296. The maximum atomic E-state index is 13.3.